The van der Waals surface area contributed by atoms with E-state index in [0.29, 0.717) is 6.04 Å². The van der Waals surface area contributed by atoms with E-state index in [9.17, 15) is 4.79 Å². The van der Waals surface area contributed by atoms with E-state index in [1.54, 1.807) is 4.90 Å². The van der Waals surface area contributed by atoms with Crippen molar-refractivity contribution in [3.8, 4) is 0 Å². The molecule has 1 amide bonds. The Labute approximate surface area is 77.3 Å². The van der Waals surface area contributed by atoms with Crippen LogP contribution in [0.2, 0.25) is 0 Å². The van der Waals surface area contributed by atoms with Crippen LogP contribution in [0.1, 0.15) is 12.8 Å². The fraction of sp³-hybridized carbons (Fsp3) is 0.875. The van der Waals surface area contributed by atoms with Crippen molar-refractivity contribution >= 4 is 17.0 Å². The lowest BCUT2D eigenvalue weighted by atomic mass is 10.2. The summed E-state index contributed by atoms with van der Waals surface area (Å²) in [5, 5.41) is -0.290. The Kier molecular flexibility index (Phi) is 2.24. The SMILES string of the molecule is O=C(Cl)N1CCN2CCC[C@@H]2C1. The number of halogens is 1. The fourth-order valence-corrected chi connectivity index (χ4v) is 2.30. The van der Waals surface area contributed by atoms with Crippen LogP contribution in [0.4, 0.5) is 4.79 Å². The highest BCUT2D eigenvalue weighted by molar-refractivity contribution is 6.62. The molecule has 2 heterocycles. The minimum atomic E-state index is -0.290. The minimum Gasteiger partial charge on any atom is -0.326 e. The molecule has 0 radical (unpaired) electrons. The van der Waals surface area contributed by atoms with Gasteiger partial charge in [-0.3, -0.25) is 9.69 Å². The summed E-state index contributed by atoms with van der Waals surface area (Å²) in [4.78, 5) is 15.1. The average Bonchev–Trinajstić information content (AvgIpc) is 2.49. The molecule has 0 aromatic carbocycles. The van der Waals surface area contributed by atoms with E-state index >= 15 is 0 Å². The smallest absolute Gasteiger partial charge is 0.316 e. The molecule has 0 aromatic heterocycles. The summed E-state index contributed by atoms with van der Waals surface area (Å²) in [5.74, 6) is 0. The number of amides is 1. The van der Waals surface area contributed by atoms with Crippen molar-refractivity contribution in [3.05, 3.63) is 0 Å². The third-order valence-corrected chi connectivity index (χ3v) is 3.08. The van der Waals surface area contributed by atoms with Gasteiger partial charge in [-0.1, -0.05) is 0 Å². The number of carbonyl (C=O) groups is 1. The Bertz CT molecular complexity index is 197. The first-order chi connectivity index (χ1) is 5.77. The summed E-state index contributed by atoms with van der Waals surface area (Å²) in [7, 11) is 0. The van der Waals surface area contributed by atoms with Gasteiger partial charge in [-0.25, -0.2) is 0 Å². The van der Waals surface area contributed by atoms with Crippen LogP contribution in [-0.2, 0) is 0 Å². The molecule has 2 saturated heterocycles. The van der Waals surface area contributed by atoms with E-state index in [0.717, 1.165) is 19.6 Å². The lowest BCUT2D eigenvalue weighted by molar-refractivity contribution is 0.129. The first-order valence-electron chi connectivity index (χ1n) is 4.46. The van der Waals surface area contributed by atoms with Crippen molar-refractivity contribution in [2.75, 3.05) is 26.2 Å². The van der Waals surface area contributed by atoms with Crippen molar-refractivity contribution in [2.45, 2.75) is 18.9 Å². The highest BCUT2D eigenvalue weighted by Gasteiger charge is 2.31. The standard InChI is InChI=1S/C8H13ClN2O/c9-8(12)11-5-4-10-3-1-2-7(10)6-11/h7H,1-6H2/t7-/m1/s1. The predicted molar refractivity (Wildman–Crippen MR) is 47.4 cm³/mol. The molecule has 2 aliphatic heterocycles. The topological polar surface area (TPSA) is 23.6 Å². The maximum Gasteiger partial charge on any atom is 0.316 e. The number of fused-ring (bicyclic) bond motifs is 1. The van der Waals surface area contributed by atoms with E-state index in [1.165, 1.54) is 19.4 Å². The molecule has 0 spiro atoms. The number of hydrogen-bond donors (Lipinski definition) is 0. The molecule has 0 aliphatic carbocycles. The molecule has 0 unspecified atom stereocenters. The van der Waals surface area contributed by atoms with Crippen LogP contribution in [0.3, 0.4) is 0 Å². The molecule has 1 atom stereocenters. The third-order valence-electron chi connectivity index (χ3n) is 2.84. The summed E-state index contributed by atoms with van der Waals surface area (Å²) in [6, 6.07) is 0.585. The molecule has 2 aliphatic rings. The quantitative estimate of drug-likeness (QED) is 0.420. The van der Waals surface area contributed by atoms with E-state index in [2.05, 4.69) is 4.90 Å². The van der Waals surface area contributed by atoms with Crippen LogP contribution in [0.5, 0.6) is 0 Å². The average molecular weight is 189 g/mol. The summed E-state index contributed by atoms with van der Waals surface area (Å²) in [6.45, 7) is 3.85. The normalized spacial score (nSPS) is 30.4. The summed E-state index contributed by atoms with van der Waals surface area (Å²) < 4.78 is 0. The van der Waals surface area contributed by atoms with Crippen LogP contribution >= 0.6 is 11.6 Å². The van der Waals surface area contributed by atoms with Crippen LogP contribution in [0, 0.1) is 0 Å². The number of rotatable bonds is 0. The molecule has 4 heteroatoms. The van der Waals surface area contributed by atoms with Crippen LogP contribution in [0.15, 0.2) is 0 Å². The third kappa shape index (κ3) is 1.43. The van der Waals surface area contributed by atoms with Gasteiger partial charge in [-0.15, -0.1) is 0 Å². The van der Waals surface area contributed by atoms with Gasteiger partial charge >= 0.3 is 5.37 Å². The predicted octanol–water partition coefficient (Wildman–Crippen LogP) is 1.13. The summed E-state index contributed by atoms with van der Waals surface area (Å²) >= 11 is 5.42. The van der Waals surface area contributed by atoms with E-state index in [-0.39, 0.29) is 5.37 Å². The van der Waals surface area contributed by atoms with Crippen molar-refractivity contribution in [1.82, 2.24) is 9.80 Å². The molecule has 0 aromatic rings. The van der Waals surface area contributed by atoms with Gasteiger partial charge in [0.25, 0.3) is 0 Å². The molecule has 0 saturated carbocycles. The largest absolute Gasteiger partial charge is 0.326 e. The number of hydrogen-bond acceptors (Lipinski definition) is 2. The molecular weight excluding hydrogens is 176 g/mol. The van der Waals surface area contributed by atoms with Gasteiger partial charge < -0.3 is 4.90 Å². The summed E-state index contributed by atoms with van der Waals surface area (Å²) in [6.07, 6.45) is 2.50. The Morgan fingerprint density at radius 3 is 2.92 bits per heavy atom. The van der Waals surface area contributed by atoms with E-state index in [1.807, 2.05) is 0 Å². The Morgan fingerprint density at radius 1 is 1.33 bits per heavy atom. The number of nitrogens with zero attached hydrogens (tertiary/aromatic N) is 2. The number of piperazine rings is 1. The van der Waals surface area contributed by atoms with Gasteiger partial charge in [0.2, 0.25) is 0 Å². The zero-order chi connectivity index (χ0) is 8.55. The Morgan fingerprint density at radius 2 is 2.17 bits per heavy atom. The second-order valence-corrected chi connectivity index (χ2v) is 3.85. The highest BCUT2D eigenvalue weighted by atomic mass is 35.5. The van der Waals surface area contributed by atoms with Crippen LogP contribution in [-0.4, -0.2) is 47.4 Å². The van der Waals surface area contributed by atoms with Crippen molar-refractivity contribution < 1.29 is 4.79 Å². The molecule has 0 N–H and O–H groups in total. The molecule has 2 fully saturated rings. The van der Waals surface area contributed by atoms with Crippen molar-refractivity contribution in [3.63, 3.8) is 0 Å². The van der Waals surface area contributed by atoms with Crippen LogP contribution < -0.4 is 0 Å². The molecular formula is C8H13ClN2O. The van der Waals surface area contributed by atoms with Gasteiger partial charge in [-0.2, -0.15) is 0 Å². The van der Waals surface area contributed by atoms with Gasteiger partial charge in [-0.05, 0) is 31.0 Å². The molecule has 12 heavy (non-hydrogen) atoms. The monoisotopic (exact) mass is 188 g/mol. The Balaban J connectivity index is 1.96. The maximum absolute atomic E-state index is 10.9. The van der Waals surface area contributed by atoms with Crippen molar-refractivity contribution in [1.29, 1.82) is 0 Å². The van der Waals surface area contributed by atoms with Gasteiger partial charge in [0.15, 0.2) is 0 Å². The van der Waals surface area contributed by atoms with E-state index in [4.69, 9.17) is 11.6 Å². The first kappa shape index (κ1) is 8.32. The van der Waals surface area contributed by atoms with Gasteiger partial charge in [0.05, 0.1) is 0 Å². The lowest BCUT2D eigenvalue weighted by Crippen LogP contribution is -2.50. The zero-order valence-corrected chi connectivity index (χ0v) is 7.76. The molecule has 68 valence electrons. The minimum absolute atomic E-state index is 0.290. The van der Waals surface area contributed by atoms with Crippen LogP contribution in [0.25, 0.3) is 0 Å². The van der Waals surface area contributed by atoms with Crippen molar-refractivity contribution in [2.24, 2.45) is 0 Å². The van der Waals surface area contributed by atoms with E-state index < -0.39 is 0 Å². The molecule has 3 nitrogen and oxygen atoms in total. The second-order valence-electron chi connectivity index (χ2n) is 3.53. The molecule has 2 rings (SSSR count). The van der Waals surface area contributed by atoms with Gasteiger partial charge in [0, 0.05) is 25.7 Å². The zero-order valence-electron chi connectivity index (χ0n) is 7.00. The maximum atomic E-state index is 10.9. The first-order valence-corrected chi connectivity index (χ1v) is 4.83. The second kappa shape index (κ2) is 3.23. The highest BCUT2D eigenvalue weighted by Crippen LogP contribution is 2.21. The molecule has 0 bridgehead atoms. The lowest BCUT2D eigenvalue weighted by Gasteiger charge is -2.36. The fourth-order valence-electron chi connectivity index (χ4n) is 2.15. The summed E-state index contributed by atoms with van der Waals surface area (Å²) in [5.41, 5.74) is 0. The number of carbonyl (C=O) groups excluding carboxylic acids is 1. The Hall–Kier alpha value is -0.280. The van der Waals surface area contributed by atoms with Gasteiger partial charge in [0.1, 0.15) is 0 Å².